The Morgan fingerprint density at radius 3 is 2.71 bits per heavy atom. The highest BCUT2D eigenvalue weighted by molar-refractivity contribution is 5.77. The highest BCUT2D eigenvalue weighted by Gasteiger charge is 2.39. The van der Waals surface area contributed by atoms with Gasteiger partial charge in [0.15, 0.2) is 11.6 Å². The molecule has 2 unspecified atom stereocenters. The lowest BCUT2D eigenvalue weighted by Gasteiger charge is -2.44. The Hall–Kier alpha value is -3.56. The first kappa shape index (κ1) is 27.5. The van der Waals surface area contributed by atoms with E-state index in [2.05, 4.69) is 15.4 Å². The van der Waals surface area contributed by atoms with Crippen molar-refractivity contribution in [1.29, 1.82) is 0 Å². The predicted octanol–water partition coefficient (Wildman–Crippen LogP) is 2.52. The number of halogens is 6. The zero-order valence-corrected chi connectivity index (χ0v) is 20.0. The molecule has 2 aromatic heterocycles. The second kappa shape index (κ2) is 10.7. The van der Waals surface area contributed by atoms with Crippen LogP contribution in [-0.4, -0.2) is 77.5 Å². The highest BCUT2D eigenvalue weighted by Crippen LogP contribution is 2.38. The number of amides is 1. The first-order valence-corrected chi connectivity index (χ1v) is 11.6. The maximum atomic E-state index is 13.2. The summed E-state index contributed by atoms with van der Waals surface area (Å²) in [6, 6.07) is 0.0164. The zero-order valence-electron chi connectivity index (χ0n) is 20.0. The van der Waals surface area contributed by atoms with Crippen molar-refractivity contribution < 1.29 is 40.6 Å². The van der Waals surface area contributed by atoms with E-state index < -0.39 is 40.8 Å². The quantitative estimate of drug-likeness (QED) is 0.400. The van der Waals surface area contributed by atoms with Crippen molar-refractivity contribution in [3.8, 4) is 5.75 Å². The van der Waals surface area contributed by atoms with E-state index in [0.717, 1.165) is 18.5 Å². The third-order valence-electron chi connectivity index (χ3n) is 6.07. The number of H-pyrrole nitrogens is 1. The van der Waals surface area contributed by atoms with Gasteiger partial charge in [0.25, 0.3) is 5.56 Å². The normalized spacial score (nSPS) is 18.3. The number of alkyl halides is 6. The van der Waals surface area contributed by atoms with Crippen LogP contribution in [0.15, 0.2) is 23.3 Å². The van der Waals surface area contributed by atoms with Gasteiger partial charge >= 0.3 is 12.4 Å². The second-order valence-corrected chi connectivity index (χ2v) is 8.90. The molecule has 4 rings (SSSR count). The van der Waals surface area contributed by atoms with Crippen LogP contribution in [0.25, 0.3) is 0 Å². The number of ether oxygens (including phenoxy) is 2. The maximum Gasteiger partial charge on any atom is 0.423 e. The monoisotopic (exact) mass is 550 g/mol. The van der Waals surface area contributed by atoms with E-state index in [-0.39, 0.29) is 50.5 Å². The molecule has 2 aliphatic heterocycles. The number of rotatable bonds is 7. The van der Waals surface area contributed by atoms with E-state index in [1.165, 1.54) is 0 Å². The minimum absolute atomic E-state index is 0.0105. The van der Waals surface area contributed by atoms with Crippen LogP contribution in [-0.2, 0) is 21.9 Å². The molecule has 208 valence electrons. The Morgan fingerprint density at radius 1 is 1.24 bits per heavy atom. The summed E-state index contributed by atoms with van der Waals surface area (Å²) in [4.78, 5) is 31.6. The number of nitrogens with one attached hydrogen (secondary N) is 2. The summed E-state index contributed by atoms with van der Waals surface area (Å²) in [6.07, 6.45) is -7.77. The third-order valence-corrected chi connectivity index (χ3v) is 6.07. The van der Waals surface area contributed by atoms with Crippen LogP contribution < -0.4 is 20.5 Å². The van der Waals surface area contributed by atoms with Crippen molar-refractivity contribution in [2.24, 2.45) is 0 Å². The summed E-state index contributed by atoms with van der Waals surface area (Å²) in [7, 11) is 0. The van der Waals surface area contributed by atoms with Crippen molar-refractivity contribution in [3.05, 3.63) is 39.9 Å². The Bertz CT molecular complexity index is 1220. The Morgan fingerprint density at radius 2 is 2.00 bits per heavy atom. The van der Waals surface area contributed by atoms with Gasteiger partial charge in [-0.25, -0.2) is 10.1 Å². The van der Waals surface area contributed by atoms with E-state index in [1.54, 1.807) is 16.9 Å². The van der Waals surface area contributed by atoms with Gasteiger partial charge in [0.05, 0.1) is 43.1 Å². The van der Waals surface area contributed by atoms with Crippen LogP contribution in [0.2, 0.25) is 0 Å². The van der Waals surface area contributed by atoms with Crippen LogP contribution in [0.1, 0.15) is 24.5 Å². The first-order chi connectivity index (χ1) is 17.8. The first-order valence-electron chi connectivity index (χ1n) is 11.6. The molecule has 0 saturated carbocycles. The van der Waals surface area contributed by atoms with E-state index >= 15 is 0 Å². The van der Waals surface area contributed by atoms with Crippen molar-refractivity contribution in [2.45, 2.75) is 37.8 Å². The van der Waals surface area contributed by atoms with E-state index in [4.69, 9.17) is 9.47 Å². The molecule has 1 amide bonds. The van der Waals surface area contributed by atoms with Gasteiger partial charge in [-0.3, -0.25) is 9.59 Å². The summed E-state index contributed by atoms with van der Waals surface area (Å²) in [6.45, 7) is 2.59. The topological polar surface area (TPSA) is 113 Å². The van der Waals surface area contributed by atoms with Crippen LogP contribution in [0.3, 0.4) is 0 Å². The fraction of sp³-hybridized carbons (Fsp3) is 0.545. The van der Waals surface area contributed by atoms with Gasteiger partial charge in [-0.2, -0.15) is 31.4 Å². The molecule has 0 radical (unpaired) electrons. The van der Waals surface area contributed by atoms with Gasteiger partial charge in [-0.15, -0.1) is 0 Å². The molecule has 2 atom stereocenters. The number of nitrogens with zero attached hydrogens (tertiary/aromatic N) is 4. The summed E-state index contributed by atoms with van der Waals surface area (Å²) in [5.74, 6) is 0.135. The molecule has 0 aromatic carbocycles. The summed E-state index contributed by atoms with van der Waals surface area (Å²) in [5.41, 5.74) is -4.14. The van der Waals surface area contributed by atoms with E-state index in [9.17, 15) is 35.9 Å². The number of carbonyl (C=O) groups excluding carboxylic acids is 1. The van der Waals surface area contributed by atoms with Crippen LogP contribution >= 0.6 is 0 Å². The van der Waals surface area contributed by atoms with E-state index in [1.807, 2.05) is 4.90 Å². The highest BCUT2D eigenvalue weighted by atomic mass is 19.4. The lowest BCUT2D eigenvalue weighted by Crippen LogP contribution is -2.58. The largest absolute Gasteiger partial charge is 0.487 e. The molecule has 4 heterocycles. The molecular formula is C22H24F6N6O4. The van der Waals surface area contributed by atoms with Crippen molar-refractivity contribution in [2.75, 3.05) is 49.7 Å². The SMILES string of the molecule is CC(COCCC(=O)N1CCN2c3ncc(C(F)(F)F)cc3OCC2C1)Nc1cn[nH]c(=O)c1C(F)(F)F. The molecule has 0 aliphatic carbocycles. The third kappa shape index (κ3) is 6.11. The minimum atomic E-state index is -4.87. The molecule has 2 N–H and O–H groups in total. The van der Waals surface area contributed by atoms with Crippen LogP contribution in [0, 0.1) is 0 Å². The van der Waals surface area contributed by atoms with Gasteiger partial charge < -0.3 is 24.6 Å². The molecule has 0 bridgehead atoms. The maximum absolute atomic E-state index is 13.2. The summed E-state index contributed by atoms with van der Waals surface area (Å²) in [5, 5.41) is 7.69. The number of fused-ring (bicyclic) bond motifs is 3. The number of hydrogen-bond donors (Lipinski definition) is 2. The molecule has 1 fully saturated rings. The molecule has 0 spiro atoms. The van der Waals surface area contributed by atoms with Crippen molar-refractivity contribution in [3.63, 3.8) is 0 Å². The molecule has 1 saturated heterocycles. The minimum Gasteiger partial charge on any atom is -0.487 e. The Balaban J connectivity index is 1.24. The number of aromatic nitrogens is 3. The van der Waals surface area contributed by atoms with Crippen LogP contribution in [0.4, 0.5) is 37.8 Å². The van der Waals surface area contributed by atoms with E-state index in [0.29, 0.717) is 18.9 Å². The number of pyridine rings is 1. The van der Waals surface area contributed by atoms with Crippen molar-refractivity contribution >= 4 is 17.4 Å². The smallest absolute Gasteiger partial charge is 0.423 e. The molecular weight excluding hydrogens is 526 g/mol. The van der Waals surface area contributed by atoms with Gasteiger partial charge in [0.1, 0.15) is 12.2 Å². The Kier molecular flexibility index (Phi) is 7.71. The van der Waals surface area contributed by atoms with Gasteiger partial charge in [-0.05, 0) is 13.0 Å². The van der Waals surface area contributed by atoms with Crippen LogP contribution in [0.5, 0.6) is 5.75 Å². The number of carbonyl (C=O) groups is 1. The average Bonchev–Trinajstić information content (AvgIpc) is 2.84. The fourth-order valence-corrected chi connectivity index (χ4v) is 4.28. The zero-order chi connectivity index (χ0) is 27.7. The van der Waals surface area contributed by atoms with Gasteiger partial charge in [0, 0.05) is 31.9 Å². The molecule has 10 nitrogen and oxygen atoms in total. The Labute approximate surface area is 211 Å². The summed E-state index contributed by atoms with van der Waals surface area (Å²) < 4.78 is 89.2. The lowest BCUT2D eigenvalue weighted by atomic mass is 10.1. The van der Waals surface area contributed by atoms with Crippen molar-refractivity contribution in [1.82, 2.24) is 20.1 Å². The average molecular weight is 550 g/mol. The standard InChI is InChI=1S/C22H24F6N6O4/c1-12(31-15-8-30-32-20(36)18(15)22(26,27)28)10-37-5-2-17(35)33-3-4-34-14(9-33)11-38-16-6-13(21(23,24)25)7-29-19(16)34/h6-8,12,14H,2-5,9-11H2,1H3,(H2,31,32,36). The number of hydrogen-bond acceptors (Lipinski definition) is 8. The number of aromatic amines is 1. The molecule has 2 aliphatic rings. The molecule has 38 heavy (non-hydrogen) atoms. The number of piperazine rings is 1. The molecule has 16 heteroatoms. The number of anilines is 2. The lowest BCUT2D eigenvalue weighted by molar-refractivity contribution is -0.138. The molecule has 2 aromatic rings. The summed E-state index contributed by atoms with van der Waals surface area (Å²) >= 11 is 0. The van der Waals surface area contributed by atoms with Gasteiger partial charge in [-0.1, -0.05) is 0 Å². The van der Waals surface area contributed by atoms with Gasteiger partial charge in [0.2, 0.25) is 5.91 Å². The second-order valence-electron chi connectivity index (χ2n) is 8.90. The fourth-order valence-electron chi connectivity index (χ4n) is 4.28. The predicted molar refractivity (Wildman–Crippen MR) is 121 cm³/mol.